The first kappa shape index (κ1) is 13.1. The quantitative estimate of drug-likeness (QED) is 0.893. The van der Waals surface area contributed by atoms with Gasteiger partial charge in [-0.15, -0.1) is 0 Å². The normalized spacial score (nSPS) is 28.8. The fourth-order valence-corrected chi connectivity index (χ4v) is 3.23. The van der Waals surface area contributed by atoms with Crippen LogP contribution in [0.15, 0.2) is 30.3 Å². The summed E-state index contributed by atoms with van der Waals surface area (Å²) in [6.07, 6.45) is 2.90. The lowest BCUT2D eigenvalue weighted by Crippen LogP contribution is -2.55. The second-order valence-corrected chi connectivity index (χ2v) is 6.58. The lowest BCUT2D eigenvalue weighted by atomic mass is 9.95. The fourth-order valence-electron chi connectivity index (χ4n) is 3.23. The number of rotatable bonds is 4. The zero-order chi connectivity index (χ0) is 13.2. The Hall–Kier alpha value is -0.860. The molecule has 1 N–H and O–H groups in total. The molecule has 1 aromatic carbocycles. The van der Waals surface area contributed by atoms with Gasteiger partial charge in [0.15, 0.2) is 0 Å². The number of piperazine rings is 1. The molecule has 0 amide bonds. The van der Waals surface area contributed by atoms with Crippen LogP contribution in [0.1, 0.15) is 38.3 Å². The summed E-state index contributed by atoms with van der Waals surface area (Å²) in [5.41, 5.74) is 1.44. The predicted molar refractivity (Wildman–Crippen MR) is 80.1 cm³/mol. The minimum atomic E-state index is 0.509. The van der Waals surface area contributed by atoms with Crippen molar-refractivity contribution in [1.29, 1.82) is 0 Å². The Bertz CT molecular complexity index is 397. The van der Waals surface area contributed by atoms with Gasteiger partial charge in [0.1, 0.15) is 0 Å². The van der Waals surface area contributed by atoms with Crippen molar-refractivity contribution in [2.75, 3.05) is 19.6 Å². The summed E-state index contributed by atoms with van der Waals surface area (Å²) in [5.74, 6) is 1.72. The first-order chi connectivity index (χ1) is 9.24. The topological polar surface area (TPSA) is 15.3 Å². The molecule has 3 rings (SSSR count). The summed E-state index contributed by atoms with van der Waals surface area (Å²) >= 11 is 0. The van der Waals surface area contributed by atoms with Gasteiger partial charge in [0.05, 0.1) is 0 Å². The predicted octanol–water partition coefficient (Wildman–Crippen LogP) is 3.07. The molecule has 2 fully saturated rings. The van der Waals surface area contributed by atoms with E-state index in [0.717, 1.165) is 18.4 Å². The van der Waals surface area contributed by atoms with E-state index >= 15 is 0 Å². The summed E-state index contributed by atoms with van der Waals surface area (Å²) in [6.45, 7) is 8.32. The monoisotopic (exact) mass is 258 g/mol. The molecule has 0 bridgehead atoms. The number of nitrogens with one attached hydrogen (secondary N) is 1. The van der Waals surface area contributed by atoms with Crippen LogP contribution in [0, 0.1) is 11.8 Å². The Morgan fingerprint density at radius 1 is 1.21 bits per heavy atom. The summed E-state index contributed by atoms with van der Waals surface area (Å²) in [4.78, 5) is 2.75. The van der Waals surface area contributed by atoms with Gasteiger partial charge in [-0.25, -0.2) is 0 Å². The van der Waals surface area contributed by atoms with E-state index < -0.39 is 0 Å². The molecule has 104 valence electrons. The average molecular weight is 258 g/mol. The first-order valence-corrected chi connectivity index (χ1v) is 7.76. The van der Waals surface area contributed by atoms with Crippen molar-refractivity contribution < 1.29 is 0 Å². The molecule has 1 aliphatic heterocycles. The van der Waals surface area contributed by atoms with Crippen molar-refractivity contribution in [2.24, 2.45) is 11.8 Å². The summed E-state index contributed by atoms with van der Waals surface area (Å²) in [5, 5.41) is 3.75. The molecule has 0 radical (unpaired) electrons. The molecule has 2 atom stereocenters. The molecular formula is C17H26N2. The van der Waals surface area contributed by atoms with Crippen LogP contribution in [0.3, 0.4) is 0 Å². The van der Waals surface area contributed by atoms with Crippen molar-refractivity contribution in [1.82, 2.24) is 10.2 Å². The molecule has 1 aromatic rings. The molecule has 1 saturated heterocycles. The molecule has 0 spiro atoms. The second kappa shape index (κ2) is 5.64. The Morgan fingerprint density at radius 3 is 2.58 bits per heavy atom. The molecule has 2 heteroatoms. The standard InChI is InChI=1S/C17H26N2/c1-13(2)17-10-18-16(15-6-4-3-5-7-15)12-19(17)11-14-8-9-14/h3-7,13-14,16-18H,8-12H2,1-2H3. The highest BCUT2D eigenvalue weighted by Gasteiger charge is 2.34. The first-order valence-electron chi connectivity index (χ1n) is 7.76. The second-order valence-electron chi connectivity index (χ2n) is 6.58. The van der Waals surface area contributed by atoms with E-state index in [9.17, 15) is 0 Å². The van der Waals surface area contributed by atoms with Gasteiger partial charge in [-0.05, 0) is 30.2 Å². The molecule has 2 nitrogen and oxygen atoms in total. The van der Waals surface area contributed by atoms with Crippen LogP contribution >= 0.6 is 0 Å². The van der Waals surface area contributed by atoms with Crippen molar-refractivity contribution in [3.63, 3.8) is 0 Å². The van der Waals surface area contributed by atoms with E-state index in [1.807, 2.05) is 0 Å². The smallest absolute Gasteiger partial charge is 0.0449 e. The van der Waals surface area contributed by atoms with Crippen LogP contribution in [0.5, 0.6) is 0 Å². The van der Waals surface area contributed by atoms with Gasteiger partial charge in [-0.3, -0.25) is 4.90 Å². The average Bonchev–Trinajstić information content (AvgIpc) is 3.23. The van der Waals surface area contributed by atoms with Crippen molar-refractivity contribution in [3.05, 3.63) is 35.9 Å². The number of benzene rings is 1. The molecule has 2 aliphatic rings. The maximum absolute atomic E-state index is 3.75. The highest BCUT2D eigenvalue weighted by Crippen LogP contribution is 2.33. The molecule has 1 saturated carbocycles. The van der Waals surface area contributed by atoms with Gasteiger partial charge in [0.2, 0.25) is 0 Å². The van der Waals surface area contributed by atoms with Crippen molar-refractivity contribution >= 4 is 0 Å². The molecule has 1 heterocycles. The largest absolute Gasteiger partial charge is 0.307 e. The van der Waals surface area contributed by atoms with E-state index in [1.54, 1.807) is 0 Å². The lowest BCUT2D eigenvalue weighted by Gasteiger charge is -2.42. The third-order valence-corrected chi connectivity index (χ3v) is 4.62. The lowest BCUT2D eigenvalue weighted by molar-refractivity contribution is 0.0935. The van der Waals surface area contributed by atoms with Crippen LogP contribution in [0.2, 0.25) is 0 Å². The SMILES string of the molecule is CC(C)C1CNC(c2ccccc2)CN1CC1CC1. The van der Waals surface area contributed by atoms with E-state index in [4.69, 9.17) is 0 Å². The van der Waals surface area contributed by atoms with E-state index in [1.165, 1.54) is 31.5 Å². The Kier molecular flexibility index (Phi) is 3.90. The van der Waals surface area contributed by atoms with E-state index in [-0.39, 0.29) is 0 Å². The summed E-state index contributed by atoms with van der Waals surface area (Å²) < 4.78 is 0. The van der Waals surface area contributed by atoms with Gasteiger partial charge >= 0.3 is 0 Å². The van der Waals surface area contributed by atoms with Gasteiger partial charge in [0.25, 0.3) is 0 Å². The molecule has 2 unspecified atom stereocenters. The zero-order valence-corrected chi connectivity index (χ0v) is 12.2. The highest BCUT2D eigenvalue weighted by molar-refractivity contribution is 5.20. The minimum absolute atomic E-state index is 0.509. The van der Waals surface area contributed by atoms with Gasteiger partial charge in [-0.2, -0.15) is 0 Å². The number of nitrogens with zero attached hydrogens (tertiary/aromatic N) is 1. The van der Waals surface area contributed by atoms with Crippen LogP contribution in [0.25, 0.3) is 0 Å². The summed E-state index contributed by atoms with van der Waals surface area (Å²) in [7, 11) is 0. The molecule has 1 aliphatic carbocycles. The van der Waals surface area contributed by atoms with Crippen molar-refractivity contribution in [2.45, 2.75) is 38.8 Å². The van der Waals surface area contributed by atoms with Crippen LogP contribution in [0.4, 0.5) is 0 Å². The number of hydrogen-bond acceptors (Lipinski definition) is 2. The molecule has 0 aromatic heterocycles. The van der Waals surface area contributed by atoms with Crippen LogP contribution in [-0.4, -0.2) is 30.6 Å². The van der Waals surface area contributed by atoms with E-state index in [0.29, 0.717) is 12.1 Å². The Morgan fingerprint density at radius 2 is 1.95 bits per heavy atom. The van der Waals surface area contributed by atoms with Gasteiger partial charge < -0.3 is 5.32 Å². The number of hydrogen-bond donors (Lipinski definition) is 1. The van der Waals surface area contributed by atoms with Crippen LogP contribution < -0.4 is 5.32 Å². The maximum Gasteiger partial charge on any atom is 0.0449 e. The molecule has 19 heavy (non-hydrogen) atoms. The zero-order valence-electron chi connectivity index (χ0n) is 12.2. The Labute approximate surface area is 117 Å². The minimum Gasteiger partial charge on any atom is -0.307 e. The maximum atomic E-state index is 3.75. The van der Waals surface area contributed by atoms with Gasteiger partial charge in [0, 0.05) is 31.7 Å². The summed E-state index contributed by atoms with van der Waals surface area (Å²) in [6, 6.07) is 12.1. The fraction of sp³-hybridized carbons (Fsp3) is 0.647. The van der Waals surface area contributed by atoms with Crippen molar-refractivity contribution in [3.8, 4) is 0 Å². The van der Waals surface area contributed by atoms with Gasteiger partial charge in [-0.1, -0.05) is 44.2 Å². The van der Waals surface area contributed by atoms with Crippen LogP contribution in [-0.2, 0) is 0 Å². The third kappa shape index (κ3) is 3.18. The highest BCUT2D eigenvalue weighted by atomic mass is 15.2. The van der Waals surface area contributed by atoms with E-state index in [2.05, 4.69) is 54.4 Å². The molecular weight excluding hydrogens is 232 g/mol. The third-order valence-electron chi connectivity index (χ3n) is 4.62. The Balaban J connectivity index is 1.70.